The Hall–Kier alpha value is -2.32. The molecule has 2 N–H and O–H groups in total. The molecule has 0 atom stereocenters. The molecule has 4 nitrogen and oxygen atoms in total. The van der Waals surface area contributed by atoms with Crippen LogP contribution in [0.4, 0.5) is 11.4 Å². The lowest BCUT2D eigenvalue weighted by Crippen LogP contribution is -2.14. The molecule has 6 heteroatoms. The predicted molar refractivity (Wildman–Crippen MR) is 124 cm³/mol. The van der Waals surface area contributed by atoms with E-state index in [0.717, 1.165) is 25.4 Å². The number of rotatable bonds is 6. The molecule has 3 aromatic carbocycles. The van der Waals surface area contributed by atoms with Gasteiger partial charge in [0, 0.05) is 25.4 Å². The average molecular weight is 502 g/mol. The largest absolute Gasteiger partial charge is 0.325 e. The summed E-state index contributed by atoms with van der Waals surface area (Å²) >= 11 is 3.68. The maximum atomic E-state index is 12.3. The number of hydrogen-bond donors (Lipinski definition) is 2. The minimum absolute atomic E-state index is 0.0528. The van der Waals surface area contributed by atoms with Crippen molar-refractivity contribution in [3.8, 4) is 0 Å². The summed E-state index contributed by atoms with van der Waals surface area (Å²) in [5, 5.41) is 5.76. The number of nitrogens with one attached hydrogen (secondary N) is 2. The van der Waals surface area contributed by atoms with Crippen LogP contribution in [0, 0.1) is 10.5 Å². The molecule has 3 rings (SSSR count). The summed E-state index contributed by atoms with van der Waals surface area (Å²) in [4.78, 5) is 25.3. The molecular weight excluding hydrogens is 483 g/mol. The van der Waals surface area contributed by atoms with Crippen LogP contribution in [-0.2, 0) is 4.79 Å². The second-order valence-corrected chi connectivity index (χ2v) is 8.48. The van der Waals surface area contributed by atoms with E-state index in [1.165, 1.54) is 11.8 Å². The summed E-state index contributed by atoms with van der Waals surface area (Å²) in [5.41, 5.74) is 3.25. The van der Waals surface area contributed by atoms with E-state index >= 15 is 0 Å². The van der Waals surface area contributed by atoms with Crippen LogP contribution >= 0.6 is 34.4 Å². The molecule has 0 heterocycles. The normalized spacial score (nSPS) is 10.4. The van der Waals surface area contributed by atoms with Crippen LogP contribution < -0.4 is 10.6 Å². The number of amides is 2. The van der Waals surface area contributed by atoms with Gasteiger partial charge in [0.1, 0.15) is 0 Å². The molecule has 0 fully saturated rings. The van der Waals surface area contributed by atoms with Crippen molar-refractivity contribution in [2.24, 2.45) is 0 Å². The van der Waals surface area contributed by atoms with Crippen LogP contribution in [0.2, 0.25) is 0 Å². The first-order valence-corrected chi connectivity index (χ1v) is 10.7. The van der Waals surface area contributed by atoms with Crippen LogP contribution in [0.1, 0.15) is 15.9 Å². The van der Waals surface area contributed by atoms with Gasteiger partial charge in [0.15, 0.2) is 0 Å². The lowest BCUT2D eigenvalue weighted by molar-refractivity contribution is -0.113. The molecular formula is C22H19IN2O2S. The summed E-state index contributed by atoms with van der Waals surface area (Å²) in [6, 6.07) is 22.6. The van der Waals surface area contributed by atoms with Crippen molar-refractivity contribution < 1.29 is 9.59 Å². The Labute approximate surface area is 182 Å². The lowest BCUT2D eigenvalue weighted by Gasteiger charge is -2.08. The Morgan fingerprint density at radius 2 is 1.39 bits per heavy atom. The van der Waals surface area contributed by atoms with Crippen LogP contribution in [0.15, 0.2) is 77.7 Å². The Kier molecular flexibility index (Phi) is 7.11. The molecule has 0 aromatic heterocycles. The molecule has 0 radical (unpaired) electrons. The summed E-state index contributed by atoms with van der Waals surface area (Å²) in [5.74, 6) is 0.126. The van der Waals surface area contributed by atoms with Gasteiger partial charge in [-0.2, -0.15) is 0 Å². The molecule has 142 valence electrons. The van der Waals surface area contributed by atoms with E-state index in [1.54, 1.807) is 12.1 Å². The number of thioether (sulfide) groups is 1. The van der Waals surface area contributed by atoms with Crippen molar-refractivity contribution in [2.75, 3.05) is 16.4 Å². The highest BCUT2D eigenvalue weighted by molar-refractivity contribution is 14.1. The number of halogens is 1. The van der Waals surface area contributed by atoms with Crippen molar-refractivity contribution in [1.29, 1.82) is 0 Å². The third-order valence-corrected chi connectivity index (χ3v) is 5.66. The maximum Gasteiger partial charge on any atom is 0.255 e. The highest BCUT2D eigenvalue weighted by Gasteiger charge is 2.07. The van der Waals surface area contributed by atoms with Crippen LogP contribution in [0.3, 0.4) is 0 Å². The Morgan fingerprint density at radius 1 is 0.821 bits per heavy atom. The lowest BCUT2D eigenvalue weighted by atomic mass is 10.1. The summed E-state index contributed by atoms with van der Waals surface area (Å²) in [6.07, 6.45) is 0. The van der Waals surface area contributed by atoms with Gasteiger partial charge >= 0.3 is 0 Å². The number of anilines is 2. The highest BCUT2D eigenvalue weighted by Crippen LogP contribution is 2.21. The van der Waals surface area contributed by atoms with Crippen molar-refractivity contribution in [2.45, 2.75) is 11.8 Å². The van der Waals surface area contributed by atoms with Gasteiger partial charge in [-0.3, -0.25) is 9.59 Å². The van der Waals surface area contributed by atoms with E-state index in [-0.39, 0.29) is 11.8 Å². The van der Waals surface area contributed by atoms with Crippen molar-refractivity contribution in [3.05, 3.63) is 87.5 Å². The number of carbonyl (C=O) groups is 2. The Morgan fingerprint density at radius 3 is 2.04 bits per heavy atom. The first-order chi connectivity index (χ1) is 13.5. The van der Waals surface area contributed by atoms with Gasteiger partial charge in [0.25, 0.3) is 5.91 Å². The molecule has 3 aromatic rings. The maximum absolute atomic E-state index is 12.3. The minimum atomic E-state index is -0.141. The summed E-state index contributed by atoms with van der Waals surface area (Å²) in [7, 11) is 0. The monoisotopic (exact) mass is 502 g/mol. The average Bonchev–Trinajstić information content (AvgIpc) is 2.70. The molecule has 0 saturated heterocycles. The predicted octanol–water partition coefficient (Wildman–Crippen LogP) is 5.58. The zero-order chi connectivity index (χ0) is 19.9. The van der Waals surface area contributed by atoms with Gasteiger partial charge in [0.2, 0.25) is 5.91 Å². The second kappa shape index (κ2) is 9.75. The van der Waals surface area contributed by atoms with Gasteiger partial charge in [-0.25, -0.2) is 0 Å². The zero-order valence-electron chi connectivity index (χ0n) is 15.2. The smallest absolute Gasteiger partial charge is 0.255 e. The molecule has 28 heavy (non-hydrogen) atoms. The number of hydrogen-bond acceptors (Lipinski definition) is 3. The first kappa shape index (κ1) is 20.4. The van der Waals surface area contributed by atoms with Crippen LogP contribution in [0.25, 0.3) is 0 Å². The van der Waals surface area contributed by atoms with Gasteiger partial charge in [-0.1, -0.05) is 17.7 Å². The molecule has 0 saturated carbocycles. The van der Waals surface area contributed by atoms with Crippen molar-refractivity contribution >= 4 is 57.5 Å². The number of benzene rings is 3. The van der Waals surface area contributed by atoms with Gasteiger partial charge in [-0.15, -0.1) is 11.8 Å². The summed E-state index contributed by atoms with van der Waals surface area (Å²) < 4.78 is 1.12. The highest BCUT2D eigenvalue weighted by atomic mass is 127. The molecule has 0 aliphatic rings. The molecule has 2 amide bonds. The number of aryl methyl sites for hydroxylation is 1. The third kappa shape index (κ3) is 6.10. The van der Waals surface area contributed by atoms with E-state index in [2.05, 4.69) is 33.2 Å². The van der Waals surface area contributed by atoms with E-state index in [1.807, 2.05) is 67.6 Å². The fourth-order valence-corrected chi connectivity index (χ4v) is 3.48. The third-order valence-electron chi connectivity index (χ3n) is 3.92. The Bertz CT molecular complexity index is 955. The van der Waals surface area contributed by atoms with Gasteiger partial charge in [0.05, 0.1) is 5.75 Å². The second-order valence-electron chi connectivity index (χ2n) is 6.19. The minimum Gasteiger partial charge on any atom is -0.325 e. The van der Waals surface area contributed by atoms with E-state index < -0.39 is 0 Å². The van der Waals surface area contributed by atoms with Gasteiger partial charge < -0.3 is 10.6 Å². The SMILES string of the molecule is Cc1ccc(C(=O)Nc2ccc(SCC(=O)Nc3ccc(I)cc3)cc2)cc1. The zero-order valence-corrected chi connectivity index (χ0v) is 18.2. The Balaban J connectivity index is 1.49. The number of carbonyl (C=O) groups excluding carboxylic acids is 2. The van der Waals surface area contributed by atoms with Crippen LogP contribution in [-0.4, -0.2) is 17.6 Å². The summed E-state index contributed by atoms with van der Waals surface area (Å²) in [6.45, 7) is 1.98. The standard InChI is InChI=1S/C22H19IN2O2S/c1-15-2-4-16(5-3-15)22(27)25-19-10-12-20(13-11-19)28-14-21(26)24-18-8-6-17(23)7-9-18/h2-13H,14H2,1H3,(H,24,26)(H,25,27). The quantitative estimate of drug-likeness (QED) is 0.342. The molecule has 0 unspecified atom stereocenters. The van der Waals surface area contributed by atoms with E-state index in [0.29, 0.717) is 11.3 Å². The molecule has 0 bridgehead atoms. The fraction of sp³-hybridized carbons (Fsp3) is 0.0909. The van der Waals surface area contributed by atoms with E-state index in [4.69, 9.17) is 0 Å². The van der Waals surface area contributed by atoms with Crippen molar-refractivity contribution in [1.82, 2.24) is 0 Å². The van der Waals surface area contributed by atoms with Gasteiger partial charge in [-0.05, 0) is 90.2 Å². The molecule has 0 spiro atoms. The topological polar surface area (TPSA) is 58.2 Å². The first-order valence-electron chi connectivity index (χ1n) is 8.66. The molecule has 0 aliphatic carbocycles. The van der Waals surface area contributed by atoms with Crippen molar-refractivity contribution in [3.63, 3.8) is 0 Å². The fourth-order valence-electron chi connectivity index (χ4n) is 2.42. The van der Waals surface area contributed by atoms with Crippen LogP contribution in [0.5, 0.6) is 0 Å². The molecule has 0 aliphatic heterocycles. The van der Waals surface area contributed by atoms with E-state index in [9.17, 15) is 9.59 Å².